The number of rotatable bonds is 9. The quantitative estimate of drug-likeness (QED) is 0.276. The first-order valence-electron chi connectivity index (χ1n) is 11.3. The van der Waals surface area contributed by atoms with Crippen LogP contribution < -0.4 is 9.47 Å². The molecule has 2 aromatic rings. The fourth-order valence-electron chi connectivity index (χ4n) is 3.49. The largest absolute Gasteiger partial charge is 0.493 e. The Bertz CT molecular complexity index is 1130. The van der Waals surface area contributed by atoms with Crippen molar-refractivity contribution in [3.8, 4) is 23.3 Å². The van der Waals surface area contributed by atoms with Crippen molar-refractivity contribution in [2.24, 2.45) is 0 Å². The maximum atomic E-state index is 13.1. The zero-order valence-corrected chi connectivity index (χ0v) is 21.0. The highest BCUT2D eigenvalue weighted by molar-refractivity contribution is 5.94. The molecule has 0 aliphatic heterocycles. The summed E-state index contributed by atoms with van der Waals surface area (Å²) >= 11 is 0. The lowest BCUT2D eigenvalue weighted by molar-refractivity contribution is -0.149. The van der Waals surface area contributed by atoms with Gasteiger partial charge in [-0.3, -0.25) is 9.59 Å². The first-order chi connectivity index (χ1) is 16.9. The summed E-state index contributed by atoms with van der Waals surface area (Å²) in [5.41, 5.74) is -0.899. The SMILES string of the molecule is CCOC(=O)CC(=O)N(CCc1ccc(OC)c(OC)c1)C(C)(C)C#Cc1cccc(C(F)(F)F)c1. The van der Waals surface area contributed by atoms with Crippen molar-refractivity contribution < 1.29 is 37.0 Å². The summed E-state index contributed by atoms with van der Waals surface area (Å²) in [6.45, 7) is 5.31. The first-order valence-corrected chi connectivity index (χ1v) is 11.3. The molecule has 0 fully saturated rings. The van der Waals surface area contributed by atoms with Gasteiger partial charge in [0.05, 0.1) is 31.9 Å². The lowest BCUT2D eigenvalue weighted by Gasteiger charge is -2.35. The average Bonchev–Trinajstić information content (AvgIpc) is 2.82. The van der Waals surface area contributed by atoms with Gasteiger partial charge in [-0.15, -0.1) is 0 Å². The van der Waals surface area contributed by atoms with Gasteiger partial charge < -0.3 is 19.1 Å². The van der Waals surface area contributed by atoms with Gasteiger partial charge in [0.15, 0.2) is 11.5 Å². The monoisotopic (exact) mass is 505 g/mol. The van der Waals surface area contributed by atoms with Gasteiger partial charge in [0.2, 0.25) is 5.91 Å². The molecule has 0 saturated carbocycles. The lowest BCUT2D eigenvalue weighted by atomic mass is 10.00. The van der Waals surface area contributed by atoms with Crippen LogP contribution in [0.3, 0.4) is 0 Å². The molecule has 9 heteroatoms. The molecule has 0 aliphatic rings. The van der Waals surface area contributed by atoms with E-state index in [1.54, 1.807) is 32.9 Å². The molecule has 0 atom stereocenters. The third-order valence-electron chi connectivity index (χ3n) is 5.35. The van der Waals surface area contributed by atoms with Gasteiger partial charge in [-0.2, -0.15) is 13.2 Å². The first kappa shape index (κ1) is 28.6. The number of nitrogens with zero attached hydrogens (tertiary/aromatic N) is 1. The number of hydrogen-bond donors (Lipinski definition) is 0. The van der Waals surface area contributed by atoms with Gasteiger partial charge in [0, 0.05) is 12.1 Å². The molecule has 0 spiro atoms. The van der Waals surface area contributed by atoms with Crippen LogP contribution in [0.4, 0.5) is 13.2 Å². The Morgan fingerprint density at radius 3 is 2.31 bits per heavy atom. The number of ether oxygens (including phenoxy) is 3. The summed E-state index contributed by atoms with van der Waals surface area (Å²) in [7, 11) is 3.04. The minimum Gasteiger partial charge on any atom is -0.493 e. The van der Waals surface area contributed by atoms with Crippen molar-refractivity contribution in [2.45, 2.75) is 45.3 Å². The van der Waals surface area contributed by atoms with E-state index in [4.69, 9.17) is 14.2 Å². The number of esters is 1. The molecule has 1 amide bonds. The number of carbonyl (C=O) groups excluding carboxylic acids is 2. The molecule has 2 rings (SSSR count). The fourth-order valence-corrected chi connectivity index (χ4v) is 3.49. The molecular formula is C27H30F3NO5. The molecule has 0 radical (unpaired) electrons. The Morgan fingerprint density at radius 1 is 1.00 bits per heavy atom. The van der Waals surface area contributed by atoms with Crippen LogP contribution in [0.1, 0.15) is 43.9 Å². The minimum atomic E-state index is -4.49. The van der Waals surface area contributed by atoms with E-state index in [2.05, 4.69) is 11.8 Å². The van der Waals surface area contributed by atoms with Crippen molar-refractivity contribution >= 4 is 11.9 Å². The summed E-state index contributed by atoms with van der Waals surface area (Å²) < 4.78 is 54.7. The van der Waals surface area contributed by atoms with Crippen molar-refractivity contribution in [3.63, 3.8) is 0 Å². The number of benzene rings is 2. The van der Waals surface area contributed by atoms with E-state index in [1.807, 2.05) is 6.07 Å². The second-order valence-corrected chi connectivity index (χ2v) is 8.35. The molecule has 0 heterocycles. The topological polar surface area (TPSA) is 65.1 Å². The van der Waals surface area contributed by atoms with Crippen molar-refractivity contribution in [3.05, 3.63) is 59.2 Å². The third-order valence-corrected chi connectivity index (χ3v) is 5.35. The number of alkyl halides is 3. The highest BCUT2D eigenvalue weighted by Gasteiger charge is 2.32. The van der Waals surface area contributed by atoms with E-state index in [1.165, 1.54) is 31.3 Å². The third kappa shape index (κ3) is 7.94. The predicted octanol–water partition coefficient (Wildman–Crippen LogP) is 4.88. The predicted molar refractivity (Wildman–Crippen MR) is 129 cm³/mol. The number of methoxy groups -OCH3 is 2. The fraction of sp³-hybridized carbons (Fsp3) is 0.407. The number of halogens is 3. The number of hydrogen-bond acceptors (Lipinski definition) is 5. The molecule has 6 nitrogen and oxygen atoms in total. The maximum absolute atomic E-state index is 13.1. The molecule has 0 N–H and O–H groups in total. The highest BCUT2D eigenvalue weighted by atomic mass is 19.4. The van der Waals surface area contributed by atoms with E-state index in [0.717, 1.165) is 17.7 Å². The van der Waals surface area contributed by atoms with Gasteiger partial charge in [-0.25, -0.2) is 0 Å². The summed E-state index contributed by atoms with van der Waals surface area (Å²) in [5.74, 6) is 5.58. The molecule has 36 heavy (non-hydrogen) atoms. The van der Waals surface area contributed by atoms with Crippen molar-refractivity contribution in [2.75, 3.05) is 27.4 Å². The van der Waals surface area contributed by atoms with Gasteiger partial charge in [-0.05, 0) is 63.1 Å². The Morgan fingerprint density at radius 2 is 1.69 bits per heavy atom. The summed E-state index contributed by atoms with van der Waals surface area (Å²) in [6, 6.07) is 10.0. The Balaban J connectivity index is 2.34. The normalized spacial score (nSPS) is 11.2. The van der Waals surface area contributed by atoms with Crippen LogP contribution in [0.25, 0.3) is 0 Å². The number of amides is 1. The van der Waals surface area contributed by atoms with Crippen molar-refractivity contribution in [1.29, 1.82) is 0 Å². The zero-order valence-electron chi connectivity index (χ0n) is 21.0. The van der Waals surface area contributed by atoms with E-state index < -0.39 is 35.6 Å². The summed E-state index contributed by atoms with van der Waals surface area (Å²) in [5, 5.41) is 0. The van der Waals surface area contributed by atoms with Crippen LogP contribution in [-0.2, 0) is 26.9 Å². The molecule has 0 bridgehead atoms. The van der Waals surface area contributed by atoms with Gasteiger partial charge >= 0.3 is 12.1 Å². The zero-order chi connectivity index (χ0) is 26.9. The van der Waals surface area contributed by atoms with Crippen LogP contribution in [0.5, 0.6) is 11.5 Å². The van der Waals surface area contributed by atoms with Crippen LogP contribution >= 0.6 is 0 Å². The lowest BCUT2D eigenvalue weighted by Crippen LogP contribution is -2.48. The standard InChI is InChI=1S/C27H30F3NO5/c1-6-36-25(33)18-24(32)31(15-13-20-10-11-22(34-4)23(17-20)35-5)26(2,3)14-12-19-8-7-9-21(16-19)27(28,29)30/h7-11,16-17H,6,13,15,18H2,1-5H3. The molecular weight excluding hydrogens is 475 g/mol. The Labute approximate surface area is 209 Å². The molecule has 0 aromatic heterocycles. The molecule has 0 saturated heterocycles. The van der Waals surface area contributed by atoms with E-state index in [-0.39, 0.29) is 18.7 Å². The van der Waals surface area contributed by atoms with Crippen molar-refractivity contribution in [1.82, 2.24) is 4.90 Å². The second kappa shape index (κ2) is 12.3. The summed E-state index contributed by atoms with van der Waals surface area (Å²) in [6.07, 6.45) is -4.56. The van der Waals surface area contributed by atoms with Crippen LogP contribution in [0.15, 0.2) is 42.5 Å². The molecule has 0 unspecified atom stereocenters. The Hall–Kier alpha value is -3.67. The molecule has 2 aromatic carbocycles. The molecule has 194 valence electrons. The van der Waals surface area contributed by atoms with Gasteiger partial charge in [0.25, 0.3) is 0 Å². The van der Waals surface area contributed by atoms with E-state index in [9.17, 15) is 22.8 Å². The van der Waals surface area contributed by atoms with E-state index in [0.29, 0.717) is 17.9 Å². The minimum absolute atomic E-state index is 0.135. The van der Waals surface area contributed by atoms with E-state index >= 15 is 0 Å². The Kier molecular flexibility index (Phi) is 9.79. The summed E-state index contributed by atoms with van der Waals surface area (Å²) in [4.78, 5) is 26.5. The average molecular weight is 506 g/mol. The number of carbonyl (C=O) groups is 2. The van der Waals surface area contributed by atoms with Gasteiger partial charge in [0.1, 0.15) is 6.42 Å². The maximum Gasteiger partial charge on any atom is 0.416 e. The van der Waals surface area contributed by atoms with Crippen LogP contribution in [0, 0.1) is 11.8 Å². The van der Waals surface area contributed by atoms with Crippen LogP contribution in [0.2, 0.25) is 0 Å². The highest BCUT2D eigenvalue weighted by Crippen LogP contribution is 2.30. The molecule has 0 aliphatic carbocycles. The van der Waals surface area contributed by atoms with Gasteiger partial charge in [-0.1, -0.05) is 24.0 Å². The second-order valence-electron chi connectivity index (χ2n) is 8.35. The van der Waals surface area contributed by atoms with Crippen LogP contribution in [-0.4, -0.2) is 49.7 Å². The smallest absolute Gasteiger partial charge is 0.416 e.